The minimum Gasteiger partial charge on any atom is -0.481 e. The summed E-state index contributed by atoms with van der Waals surface area (Å²) < 4.78 is 12.6. The van der Waals surface area contributed by atoms with Crippen LogP contribution in [0.25, 0.3) is 0 Å². The molecule has 36 heavy (non-hydrogen) atoms. The fraction of sp³-hybridized carbons (Fsp3) is 0.481. The molecule has 9 heteroatoms. The minimum atomic E-state index is -0.845. The lowest BCUT2D eigenvalue weighted by molar-refractivity contribution is -0.245. The van der Waals surface area contributed by atoms with Crippen molar-refractivity contribution < 1.29 is 34.4 Å². The van der Waals surface area contributed by atoms with Crippen LogP contribution in [-0.4, -0.2) is 51.4 Å². The predicted molar refractivity (Wildman–Crippen MR) is 137 cm³/mol. The summed E-state index contributed by atoms with van der Waals surface area (Å²) in [6, 6.07) is 15.5. The Kier molecular flexibility index (Phi) is 11.7. The molecule has 0 bridgehead atoms. The number of thioether (sulfide) groups is 1. The van der Waals surface area contributed by atoms with Gasteiger partial charge in [-0.05, 0) is 29.5 Å². The van der Waals surface area contributed by atoms with Crippen LogP contribution in [0.1, 0.15) is 66.8 Å². The van der Waals surface area contributed by atoms with E-state index >= 15 is 0 Å². The third-order valence-electron chi connectivity index (χ3n) is 5.94. The summed E-state index contributed by atoms with van der Waals surface area (Å²) in [5.41, 5.74) is 3.70. The highest BCUT2D eigenvalue weighted by molar-refractivity contribution is 7.99. The molecule has 0 aromatic heterocycles. The van der Waals surface area contributed by atoms with Crippen LogP contribution in [0, 0.1) is 0 Å². The number of carbonyl (C=O) groups excluding carboxylic acids is 1. The van der Waals surface area contributed by atoms with E-state index in [9.17, 15) is 14.7 Å². The molecule has 0 saturated carbocycles. The zero-order valence-electron chi connectivity index (χ0n) is 20.3. The topological polar surface area (TPSA) is 125 Å². The van der Waals surface area contributed by atoms with Crippen molar-refractivity contribution in [3.05, 3.63) is 70.8 Å². The highest BCUT2D eigenvalue weighted by atomic mass is 32.2. The van der Waals surface area contributed by atoms with Crippen molar-refractivity contribution in [3.63, 3.8) is 0 Å². The van der Waals surface area contributed by atoms with Crippen LogP contribution in [0.3, 0.4) is 0 Å². The van der Waals surface area contributed by atoms with Crippen molar-refractivity contribution in [2.24, 2.45) is 0 Å². The summed E-state index contributed by atoms with van der Waals surface area (Å²) in [5, 5.41) is 30.0. The summed E-state index contributed by atoms with van der Waals surface area (Å²) in [7, 11) is 0. The summed E-state index contributed by atoms with van der Waals surface area (Å²) in [6.45, 7) is 0.518. The number of carbonyl (C=O) groups is 2. The van der Waals surface area contributed by atoms with Crippen molar-refractivity contribution in [3.8, 4) is 0 Å². The molecule has 1 aliphatic heterocycles. The lowest BCUT2D eigenvalue weighted by atomic mass is 10.0. The van der Waals surface area contributed by atoms with Gasteiger partial charge in [0.05, 0.1) is 25.4 Å². The first-order chi connectivity index (χ1) is 17.5. The summed E-state index contributed by atoms with van der Waals surface area (Å²) in [6.07, 6.45) is 1.39. The van der Waals surface area contributed by atoms with E-state index in [1.165, 1.54) is 0 Å². The average molecular weight is 518 g/mol. The maximum atomic E-state index is 12.0. The Hall–Kier alpha value is -2.43. The van der Waals surface area contributed by atoms with Gasteiger partial charge in [-0.3, -0.25) is 9.59 Å². The van der Waals surface area contributed by atoms with E-state index < -0.39 is 12.3 Å². The first-order valence-electron chi connectivity index (χ1n) is 12.2. The van der Waals surface area contributed by atoms with Gasteiger partial charge in [-0.1, -0.05) is 48.5 Å². The highest BCUT2D eigenvalue weighted by Gasteiger charge is 2.32. The number of aliphatic hydroxyl groups excluding tert-OH is 2. The van der Waals surface area contributed by atoms with Gasteiger partial charge in [0.2, 0.25) is 5.91 Å². The fourth-order valence-electron chi connectivity index (χ4n) is 3.95. The van der Waals surface area contributed by atoms with Crippen molar-refractivity contribution in [1.82, 2.24) is 5.32 Å². The number of hydrogen-bond donors (Lipinski definition) is 4. The van der Waals surface area contributed by atoms with E-state index in [4.69, 9.17) is 19.7 Å². The fourth-order valence-corrected chi connectivity index (χ4v) is 4.72. The van der Waals surface area contributed by atoms with E-state index in [-0.39, 0.29) is 37.7 Å². The van der Waals surface area contributed by atoms with Gasteiger partial charge in [0.1, 0.15) is 0 Å². The maximum Gasteiger partial charge on any atom is 0.303 e. The van der Waals surface area contributed by atoms with E-state index in [1.807, 2.05) is 48.5 Å². The molecule has 196 valence electrons. The van der Waals surface area contributed by atoms with Gasteiger partial charge in [0, 0.05) is 42.9 Å². The van der Waals surface area contributed by atoms with E-state index in [0.29, 0.717) is 38.0 Å². The van der Waals surface area contributed by atoms with Crippen LogP contribution >= 0.6 is 11.8 Å². The standard InChI is InChI=1S/C27H35NO7S/c29-13-14-36-18-23-15-24(21-9-7-20(17-30)8-10-21)35-27(34-23)22-11-5-19(6-12-22)16-28-25(31)3-1-2-4-26(32)33/h5-12,23-24,27,29-30H,1-4,13-18H2,(H,28,31)(H,32,33)/t23-,24+,27+/m0/s1. The number of ether oxygens (including phenoxy) is 2. The number of hydrogen-bond acceptors (Lipinski definition) is 7. The van der Waals surface area contributed by atoms with E-state index in [0.717, 1.165) is 28.0 Å². The van der Waals surface area contributed by atoms with Gasteiger partial charge in [-0.2, -0.15) is 11.8 Å². The highest BCUT2D eigenvalue weighted by Crippen LogP contribution is 2.38. The monoisotopic (exact) mass is 517 g/mol. The Morgan fingerprint density at radius 1 is 0.917 bits per heavy atom. The van der Waals surface area contributed by atoms with Gasteiger partial charge in [-0.25, -0.2) is 0 Å². The molecule has 0 spiro atoms. The second-order valence-corrected chi connectivity index (χ2v) is 9.92. The first-order valence-corrected chi connectivity index (χ1v) is 13.4. The van der Waals surface area contributed by atoms with Gasteiger partial charge in [-0.15, -0.1) is 0 Å². The van der Waals surface area contributed by atoms with Gasteiger partial charge in [0.25, 0.3) is 0 Å². The summed E-state index contributed by atoms with van der Waals surface area (Å²) in [4.78, 5) is 22.6. The van der Waals surface area contributed by atoms with Gasteiger partial charge < -0.3 is 30.1 Å². The quantitative estimate of drug-likeness (QED) is 0.280. The Morgan fingerprint density at radius 2 is 1.58 bits per heavy atom. The van der Waals surface area contributed by atoms with Crippen LogP contribution in [0.15, 0.2) is 48.5 Å². The SMILES string of the molecule is O=C(O)CCCCC(=O)NCc1ccc([C@@H]2O[C@H](CSCCO)C[C@H](c3ccc(CO)cc3)O2)cc1. The number of amides is 1. The smallest absolute Gasteiger partial charge is 0.303 e. The average Bonchev–Trinajstić information content (AvgIpc) is 2.90. The molecular weight excluding hydrogens is 482 g/mol. The molecule has 2 aromatic carbocycles. The normalized spacial score (nSPS) is 19.7. The number of unbranched alkanes of at least 4 members (excludes halogenated alkanes) is 1. The summed E-state index contributed by atoms with van der Waals surface area (Å²) >= 11 is 1.65. The third-order valence-corrected chi connectivity index (χ3v) is 7.02. The number of carboxylic acid groups (broad SMARTS) is 1. The van der Waals surface area contributed by atoms with Crippen LogP contribution in [0.5, 0.6) is 0 Å². The van der Waals surface area contributed by atoms with Crippen molar-refractivity contribution in [2.75, 3.05) is 18.1 Å². The molecule has 2 aromatic rings. The van der Waals surface area contributed by atoms with Crippen LogP contribution in [0.4, 0.5) is 0 Å². The largest absolute Gasteiger partial charge is 0.481 e. The molecule has 0 unspecified atom stereocenters. The van der Waals surface area contributed by atoms with Crippen LogP contribution < -0.4 is 5.32 Å². The van der Waals surface area contributed by atoms with Crippen LogP contribution in [0.2, 0.25) is 0 Å². The summed E-state index contributed by atoms with van der Waals surface area (Å²) in [5.74, 6) is 0.466. The van der Waals surface area contributed by atoms with Crippen LogP contribution in [-0.2, 0) is 32.2 Å². The molecule has 1 fully saturated rings. The maximum absolute atomic E-state index is 12.0. The van der Waals surface area contributed by atoms with Crippen molar-refractivity contribution in [1.29, 1.82) is 0 Å². The molecular formula is C27H35NO7S. The molecule has 1 heterocycles. The third kappa shape index (κ3) is 9.22. The molecule has 8 nitrogen and oxygen atoms in total. The van der Waals surface area contributed by atoms with Gasteiger partial charge >= 0.3 is 5.97 Å². The zero-order chi connectivity index (χ0) is 25.8. The Morgan fingerprint density at radius 3 is 2.25 bits per heavy atom. The number of aliphatic hydroxyl groups is 2. The Labute approximate surface area is 216 Å². The van der Waals surface area contributed by atoms with Crippen molar-refractivity contribution >= 4 is 23.6 Å². The number of aliphatic carboxylic acids is 1. The van der Waals surface area contributed by atoms with Crippen molar-refractivity contribution in [2.45, 2.75) is 63.8 Å². The second-order valence-electron chi connectivity index (χ2n) is 8.77. The lowest BCUT2D eigenvalue weighted by Crippen LogP contribution is -2.31. The number of nitrogens with one attached hydrogen (secondary N) is 1. The molecule has 4 N–H and O–H groups in total. The minimum absolute atomic E-state index is 0.00447. The van der Waals surface area contributed by atoms with E-state index in [1.54, 1.807) is 11.8 Å². The molecule has 1 saturated heterocycles. The molecule has 3 atom stereocenters. The first kappa shape index (κ1) is 28.1. The van der Waals surface area contributed by atoms with E-state index in [2.05, 4.69) is 5.32 Å². The Balaban J connectivity index is 1.58. The number of benzene rings is 2. The number of rotatable bonds is 14. The zero-order valence-corrected chi connectivity index (χ0v) is 21.1. The predicted octanol–water partition coefficient (Wildman–Crippen LogP) is 3.71. The molecule has 1 aliphatic rings. The molecule has 0 radical (unpaired) electrons. The second kappa shape index (κ2) is 15.0. The lowest BCUT2D eigenvalue weighted by Gasteiger charge is -2.36. The Bertz CT molecular complexity index is 952. The number of carboxylic acids is 1. The molecule has 1 amide bonds. The molecule has 3 rings (SSSR count). The molecule has 0 aliphatic carbocycles. The van der Waals surface area contributed by atoms with Gasteiger partial charge in [0.15, 0.2) is 6.29 Å².